The van der Waals surface area contributed by atoms with E-state index in [4.69, 9.17) is 4.52 Å². The molecule has 1 saturated heterocycles. The highest BCUT2D eigenvalue weighted by molar-refractivity contribution is 5.43. The van der Waals surface area contributed by atoms with Crippen molar-refractivity contribution in [2.75, 3.05) is 38.1 Å². The molecule has 7 nitrogen and oxygen atoms in total. The van der Waals surface area contributed by atoms with E-state index in [1.54, 1.807) is 12.3 Å². The summed E-state index contributed by atoms with van der Waals surface area (Å²) in [5.41, 5.74) is 1.67. The molecule has 0 aliphatic carbocycles. The third kappa shape index (κ3) is 3.79. The summed E-state index contributed by atoms with van der Waals surface area (Å²) in [4.78, 5) is 16.9. The maximum Gasteiger partial charge on any atom is 0.269 e. The molecule has 7 heteroatoms. The largest absolute Gasteiger partial charge is 0.369 e. The normalized spacial score (nSPS) is 16.5. The lowest BCUT2D eigenvalue weighted by Crippen LogP contribution is -2.31. The summed E-state index contributed by atoms with van der Waals surface area (Å²) < 4.78 is 6.63. The second kappa shape index (κ2) is 6.95. The van der Waals surface area contributed by atoms with Gasteiger partial charge in [0.15, 0.2) is 5.76 Å². The zero-order chi connectivity index (χ0) is 16.2. The van der Waals surface area contributed by atoms with Gasteiger partial charge in [-0.2, -0.15) is 5.10 Å². The van der Waals surface area contributed by atoms with Gasteiger partial charge in [0.05, 0.1) is 17.6 Å². The molecule has 0 aromatic carbocycles. The number of hydrogen-bond acceptors (Lipinski definition) is 6. The van der Waals surface area contributed by atoms with Crippen molar-refractivity contribution >= 4 is 5.69 Å². The average Bonchev–Trinajstić information content (AvgIpc) is 2.89. The molecule has 1 fully saturated rings. The van der Waals surface area contributed by atoms with Crippen LogP contribution in [0.4, 0.5) is 5.69 Å². The quantitative estimate of drug-likeness (QED) is 0.837. The maximum absolute atomic E-state index is 12.3. The second-order valence-electron chi connectivity index (χ2n) is 5.99. The highest BCUT2D eigenvalue weighted by atomic mass is 16.5. The predicted molar refractivity (Wildman–Crippen MR) is 87.8 cm³/mol. The fraction of sp³-hybridized carbons (Fsp3) is 0.562. The summed E-state index contributed by atoms with van der Waals surface area (Å²) in [6, 6.07) is 3.53. The van der Waals surface area contributed by atoms with Crippen LogP contribution in [0.5, 0.6) is 0 Å². The van der Waals surface area contributed by atoms with Gasteiger partial charge < -0.3 is 14.3 Å². The molecular formula is C16H23N5O2. The van der Waals surface area contributed by atoms with Crippen LogP contribution in [0.2, 0.25) is 0 Å². The molecule has 3 heterocycles. The van der Waals surface area contributed by atoms with Crippen LogP contribution in [-0.2, 0) is 13.0 Å². The van der Waals surface area contributed by atoms with E-state index in [0.717, 1.165) is 50.4 Å². The van der Waals surface area contributed by atoms with Crippen molar-refractivity contribution in [1.29, 1.82) is 0 Å². The molecule has 0 atom stereocenters. The number of rotatable bonds is 4. The first-order valence-electron chi connectivity index (χ1n) is 8.11. The SMILES string of the molecule is CCc1cc(Cn2ncc(N3CCCN(C)CC3)cc2=O)on1. The standard InChI is InChI=1S/C16H23N5O2/c1-3-13-9-15(23-18-13)12-21-16(22)10-14(11-17-21)20-6-4-5-19(2)7-8-20/h9-11H,3-8,12H2,1-2H3. The fourth-order valence-corrected chi connectivity index (χ4v) is 2.76. The van der Waals surface area contributed by atoms with E-state index in [9.17, 15) is 4.79 Å². The van der Waals surface area contributed by atoms with Crippen LogP contribution in [0.1, 0.15) is 24.8 Å². The lowest BCUT2D eigenvalue weighted by Gasteiger charge is -2.22. The van der Waals surface area contributed by atoms with Gasteiger partial charge in [-0.25, -0.2) is 4.68 Å². The minimum atomic E-state index is -0.116. The molecule has 0 bridgehead atoms. The molecule has 2 aromatic rings. The predicted octanol–water partition coefficient (Wildman–Crippen LogP) is 0.984. The van der Waals surface area contributed by atoms with Gasteiger partial charge in [-0.3, -0.25) is 4.79 Å². The monoisotopic (exact) mass is 317 g/mol. The molecular weight excluding hydrogens is 294 g/mol. The molecule has 3 rings (SSSR count). The molecule has 1 aliphatic rings. The lowest BCUT2D eigenvalue weighted by atomic mass is 10.3. The van der Waals surface area contributed by atoms with Gasteiger partial charge >= 0.3 is 0 Å². The number of aromatic nitrogens is 3. The molecule has 0 N–H and O–H groups in total. The van der Waals surface area contributed by atoms with Gasteiger partial charge in [-0.1, -0.05) is 12.1 Å². The third-order valence-corrected chi connectivity index (χ3v) is 4.22. The van der Waals surface area contributed by atoms with Gasteiger partial charge in [0.2, 0.25) is 0 Å². The van der Waals surface area contributed by atoms with Gasteiger partial charge in [0, 0.05) is 31.8 Å². The Kier molecular flexibility index (Phi) is 4.76. The van der Waals surface area contributed by atoms with Crippen molar-refractivity contribution in [1.82, 2.24) is 19.8 Å². The van der Waals surface area contributed by atoms with E-state index in [1.165, 1.54) is 4.68 Å². The Morgan fingerprint density at radius 1 is 1.22 bits per heavy atom. The smallest absolute Gasteiger partial charge is 0.269 e. The van der Waals surface area contributed by atoms with Gasteiger partial charge in [0.25, 0.3) is 5.56 Å². The van der Waals surface area contributed by atoms with Crippen molar-refractivity contribution in [2.24, 2.45) is 0 Å². The van der Waals surface area contributed by atoms with Crippen LogP contribution in [0.25, 0.3) is 0 Å². The van der Waals surface area contributed by atoms with E-state index < -0.39 is 0 Å². The van der Waals surface area contributed by atoms with E-state index in [-0.39, 0.29) is 5.56 Å². The van der Waals surface area contributed by atoms with Crippen molar-refractivity contribution in [2.45, 2.75) is 26.3 Å². The number of likely N-dealkylation sites (N-methyl/N-ethyl adjacent to an activating group) is 1. The molecule has 0 saturated carbocycles. The topological polar surface area (TPSA) is 67.4 Å². The van der Waals surface area contributed by atoms with E-state index in [2.05, 4.69) is 27.1 Å². The zero-order valence-corrected chi connectivity index (χ0v) is 13.7. The number of nitrogens with zero attached hydrogens (tertiary/aromatic N) is 5. The third-order valence-electron chi connectivity index (χ3n) is 4.22. The van der Waals surface area contributed by atoms with Crippen molar-refractivity contribution in [3.8, 4) is 0 Å². The molecule has 0 spiro atoms. The number of hydrogen-bond donors (Lipinski definition) is 0. The van der Waals surface area contributed by atoms with Crippen molar-refractivity contribution in [3.05, 3.63) is 40.1 Å². The number of aryl methyl sites for hydroxylation is 1. The molecule has 1 aliphatic heterocycles. The summed E-state index contributed by atoms with van der Waals surface area (Å²) in [6.07, 6.45) is 3.68. The first-order valence-corrected chi connectivity index (χ1v) is 8.11. The Hall–Kier alpha value is -2.15. The fourth-order valence-electron chi connectivity index (χ4n) is 2.76. The Morgan fingerprint density at radius 3 is 2.83 bits per heavy atom. The summed E-state index contributed by atoms with van der Waals surface area (Å²) in [5.74, 6) is 0.653. The molecule has 23 heavy (non-hydrogen) atoms. The van der Waals surface area contributed by atoms with Crippen molar-refractivity contribution in [3.63, 3.8) is 0 Å². The Labute approximate surface area is 135 Å². The minimum Gasteiger partial charge on any atom is -0.369 e. The van der Waals surface area contributed by atoms with Crippen molar-refractivity contribution < 1.29 is 4.52 Å². The summed E-state index contributed by atoms with van der Waals surface area (Å²) >= 11 is 0. The van der Waals surface area contributed by atoms with Crippen LogP contribution < -0.4 is 10.5 Å². The lowest BCUT2D eigenvalue weighted by molar-refractivity contribution is 0.360. The van der Waals surface area contributed by atoms with Gasteiger partial charge in [0.1, 0.15) is 6.54 Å². The van der Waals surface area contributed by atoms with Crippen LogP contribution in [0.15, 0.2) is 27.6 Å². The van der Waals surface area contributed by atoms with Crippen LogP contribution in [0, 0.1) is 0 Å². The highest BCUT2D eigenvalue weighted by Gasteiger charge is 2.14. The van der Waals surface area contributed by atoms with Crippen LogP contribution in [0.3, 0.4) is 0 Å². The van der Waals surface area contributed by atoms with Gasteiger partial charge in [-0.15, -0.1) is 0 Å². The molecule has 2 aromatic heterocycles. The molecule has 124 valence electrons. The average molecular weight is 317 g/mol. The minimum absolute atomic E-state index is 0.116. The summed E-state index contributed by atoms with van der Waals surface area (Å²) in [7, 11) is 2.13. The summed E-state index contributed by atoms with van der Waals surface area (Å²) in [5, 5.41) is 8.23. The Morgan fingerprint density at radius 2 is 2.09 bits per heavy atom. The van der Waals surface area contributed by atoms with Crippen LogP contribution in [-0.4, -0.2) is 53.1 Å². The first-order chi connectivity index (χ1) is 11.2. The molecule has 0 radical (unpaired) electrons. The maximum atomic E-state index is 12.3. The van der Waals surface area contributed by atoms with Gasteiger partial charge in [-0.05, 0) is 26.4 Å². The van der Waals surface area contributed by atoms with E-state index in [1.807, 2.05) is 13.0 Å². The van der Waals surface area contributed by atoms with E-state index in [0.29, 0.717) is 12.3 Å². The molecule has 0 unspecified atom stereocenters. The number of anilines is 1. The highest BCUT2D eigenvalue weighted by Crippen LogP contribution is 2.13. The van der Waals surface area contributed by atoms with Crippen LogP contribution >= 0.6 is 0 Å². The Bertz CT molecular complexity index is 708. The molecule has 0 amide bonds. The second-order valence-corrected chi connectivity index (χ2v) is 5.99. The zero-order valence-electron chi connectivity index (χ0n) is 13.7. The first kappa shape index (κ1) is 15.7. The van der Waals surface area contributed by atoms with E-state index >= 15 is 0 Å². The summed E-state index contributed by atoms with van der Waals surface area (Å²) in [6.45, 7) is 6.29. The Balaban J connectivity index is 1.73.